The predicted octanol–water partition coefficient (Wildman–Crippen LogP) is 1.49. The SMILES string of the molecule is [O-]NC/C=C\c1ccc(O)cc1. The predicted molar refractivity (Wildman–Crippen MR) is 48.5 cm³/mol. The van der Waals surface area contributed by atoms with E-state index in [4.69, 9.17) is 5.11 Å². The highest BCUT2D eigenvalue weighted by molar-refractivity contribution is 5.50. The van der Waals surface area contributed by atoms with Crippen molar-refractivity contribution in [2.24, 2.45) is 0 Å². The maximum absolute atomic E-state index is 9.83. The first kappa shape index (κ1) is 8.77. The summed E-state index contributed by atoms with van der Waals surface area (Å²) in [5, 5.41) is 18.8. The van der Waals surface area contributed by atoms with Crippen LogP contribution in [0.5, 0.6) is 5.75 Å². The molecule has 0 saturated heterocycles. The molecule has 0 fully saturated rings. The van der Waals surface area contributed by atoms with Crippen LogP contribution in [0.25, 0.3) is 6.08 Å². The quantitative estimate of drug-likeness (QED) is 0.665. The third-order valence-electron chi connectivity index (χ3n) is 1.40. The molecule has 64 valence electrons. The number of nitrogens with one attached hydrogen (secondary N) is 1. The van der Waals surface area contributed by atoms with Gasteiger partial charge >= 0.3 is 0 Å². The Bertz CT molecular complexity index is 254. The van der Waals surface area contributed by atoms with E-state index in [0.29, 0.717) is 6.54 Å². The molecule has 0 aliphatic carbocycles. The van der Waals surface area contributed by atoms with Crippen LogP contribution in [-0.2, 0) is 0 Å². The Morgan fingerprint density at radius 2 is 2.00 bits per heavy atom. The molecule has 0 heterocycles. The number of benzene rings is 1. The minimum absolute atomic E-state index is 0.245. The minimum Gasteiger partial charge on any atom is -0.788 e. The third-order valence-corrected chi connectivity index (χ3v) is 1.40. The smallest absolute Gasteiger partial charge is 0.115 e. The van der Waals surface area contributed by atoms with Crippen LogP contribution in [0.2, 0.25) is 0 Å². The van der Waals surface area contributed by atoms with Crippen molar-refractivity contribution in [2.45, 2.75) is 0 Å². The standard InChI is InChI=1S/C9H10NO2/c11-9-5-3-8(4-6-9)2-1-7-10-12/h1-6,10-11H,7H2/q-1/b2-1-. The van der Waals surface area contributed by atoms with Crippen molar-refractivity contribution < 1.29 is 5.11 Å². The van der Waals surface area contributed by atoms with E-state index in [0.717, 1.165) is 5.56 Å². The van der Waals surface area contributed by atoms with Gasteiger partial charge in [0.1, 0.15) is 5.75 Å². The lowest BCUT2D eigenvalue weighted by atomic mass is 10.2. The molecule has 0 bridgehead atoms. The average Bonchev–Trinajstić information content (AvgIpc) is 2.09. The van der Waals surface area contributed by atoms with Crippen molar-refractivity contribution in [1.82, 2.24) is 5.48 Å². The zero-order valence-electron chi connectivity index (χ0n) is 6.53. The number of phenols is 1. The van der Waals surface area contributed by atoms with E-state index in [2.05, 4.69) is 0 Å². The Morgan fingerprint density at radius 3 is 2.58 bits per heavy atom. The molecule has 0 aliphatic heterocycles. The van der Waals surface area contributed by atoms with Gasteiger partial charge in [0.15, 0.2) is 0 Å². The van der Waals surface area contributed by atoms with Crippen LogP contribution >= 0.6 is 0 Å². The maximum Gasteiger partial charge on any atom is 0.115 e. The molecule has 2 N–H and O–H groups in total. The van der Waals surface area contributed by atoms with Gasteiger partial charge in [-0.25, -0.2) is 0 Å². The van der Waals surface area contributed by atoms with Crippen LogP contribution in [0.4, 0.5) is 0 Å². The highest BCUT2D eigenvalue weighted by atomic mass is 16.5. The Hall–Kier alpha value is -1.32. The Kier molecular flexibility index (Phi) is 3.32. The molecule has 0 aromatic heterocycles. The summed E-state index contributed by atoms with van der Waals surface area (Å²) < 4.78 is 0. The van der Waals surface area contributed by atoms with E-state index in [-0.39, 0.29) is 5.75 Å². The number of hydrogen-bond donors (Lipinski definition) is 2. The monoisotopic (exact) mass is 164 g/mol. The number of phenolic OH excluding ortho intramolecular Hbond substituents is 1. The number of rotatable bonds is 3. The normalized spacial score (nSPS) is 10.8. The van der Waals surface area contributed by atoms with Crippen LogP contribution in [-0.4, -0.2) is 11.7 Å². The molecule has 0 radical (unpaired) electrons. The van der Waals surface area contributed by atoms with Gasteiger partial charge < -0.3 is 15.8 Å². The number of hydroxylamine groups is 1. The molecule has 3 heteroatoms. The molecule has 3 nitrogen and oxygen atoms in total. The molecule has 12 heavy (non-hydrogen) atoms. The first-order valence-electron chi connectivity index (χ1n) is 3.63. The summed E-state index contributed by atoms with van der Waals surface area (Å²) in [6.45, 7) is 0.306. The minimum atomic E-state index is 0.245. The first-order valence-corrected chi connectivity index (χ1v) is 3.63. The molecular formula is C9H10NO2-. The highest BCUT2D eigenvalue weighted by Gasteiger charge is 1.85. The lowest BCUT2D eigenvalue weighted by Crippen LogP contribution is -2.00. The molecule has 0 atom stereocenters. The second-order valence-electron chi connectivity index (χ2n) is 2.34. The fraction of sp³-hybridized carbons (Fsp3) is 0.111. The van der Waals surface area contributed by atoms with Crippen molar-refractivity contribution >= 4 is 6.08 Å². The number of hydrogen-bond acceptors (Lipinski definition) is 3. The molecule has 1 rings (SSSR count). The molecule has 1 aromatic carbocycles. The largest absolute Gasteiger partial charge is 0.788 e. The zero-order chi connectivity index (χ0) is 8.81. The first-order chi connectivity index (χ1) is 5.83. The number of aromatic hydroxyl groups is 1. The van der Waals surface area contributed by atoms with Gasteiger partial charge in [0, 0.05) is 6.54 Å². The lowest BCUT2D eigenvalue weighted by molar-refractivity contribution is 0.475. The fourth-order valence-electron chi connectivity index (χ4n) is 0.829. The summed E-state index contributed by atoms with van der Waals surface area (Å²) in [6.07, 6.45) is 3.53. The van der Waals surface area contributed by atoms with Gasteiger partial charge in [-0.05, 0) is 17.7 Å². The molecular weight excluding hydrogens is 154 g/mol. The molecule has 0 spiro atoms. The van der Waals surface area contributed by atoms with Crippen molar-refractivity contribution in [1.29, 1.82) is 0 Å². The van der Waals surface area contributed by atoms with E-state index in [1.54, 1.807) is 35.8 Å². The van der Waals surface area contributed by atoms with Crippen molar-refractivity contribution in [3.05, 3.63) is 41.1 Å². The molecule has 1 aromatic rings. The fourth-order valence-corrected chi connectivity index (χ4v) is 0.829. The van der Waals surface area contributed by atoms with Crippen LogP contribution < -0.4 is 5.48 Å². The molecule has 0 aliphatic rings. The second kappa shape index (κ2) is 4.54. The second-order valence-corrected chi connectivity index (χ2v) is 2.34. The van der Waals surface area contributed by atoms with E-state index in [1.165, 1.54) is 0 Å². The van der Waals surface area contributed by atoms with E-state index >= 15 is 0 Å². The van der Waals surface area contributed by atoms with Crippen LogP contribution in [0.3, 0.4) is 0 Å². The Balaban J connectivity index is 2.58. The summed E-state index contributed by atoms with van der Waals surface area (Å²) in [4.78, 5) is 0. The van der Waals surface area contributed by atoms with E-state index < -0.39 is 0 Å². The Labute approximate surface area is 70.9 Å². The van der Waals surface area contributed by atoms with Crippen LogP contribution in [0.1, 0.15) is 5.56 Å². The van der Waals surface area contributed by atoms with E-state index in [9.17, 15) is 5.21 Å². The maximum atomic E-state index is 9.83. The zero-order valence-corrected chi connectivity index (χ0v) is 6.53. The van der Waals surface area contributed by atoms with Gasteiger partial charge in [0.25, 0.3) is 0 Å². The summed E-state index contributed by atoms with van der Waals surface area (Å²) >= 11 is 0. The van der Waals surface area contributed by atoms with Crippen molar-refractivity contribution in [3.8, 4) is 5.75 Å². The highest BCUT2D eigenvalue weighted by Crippen LogP contribution is 2.10. The van der Waals surface area contributed by atoms with Gasteiger partial charge in [0.05, 0.1) is 0 Å². The van der Waals surface area contributed by atoms with Gasteiger partial charge in [0.2, 0.25) is 0 Å². The third kappa shape index (κ3) is 2.74. The molecule has 0 amide bonds. The van der Waals surface area contributed by atoms with Gasteiger partial charge in [-0.1, -0.05) is 24.3 Å². The van der Waals surface area contributed by atoms with Crippen molar-refractivity contribution in [3.63, 3.8) is 0 Å². The summed E-state index contributed by atoms with van der Waals surface area (Å²) in [5.74, 6) is 0.245. The van der Waals surface area contributed by atoms with E-state index in [1.807, 2.05) is 6.08 Å². The van der Waals surface area contributed by atoms with Crippen molar-refractivity contribution in [2.75, 3.05) is 6.54 Å². The van der Waals surface area contributed by atoms with Gasteiger partial charge in [-0.2, -0.15) is 0 Å². The molecule has 0 unspecified atom stereocenters. The van der Waals surface area contributed by atoms with Gasteiger partial charge in [-0.3, -0.25) is 0 Å². The summed E-state index contributed by atoms with van der Waals surface area (Å²) in [7, 11) is 0. The lowest BCUT2D eigenvalue weighted by Gasteiger charge is -2.00. The summed E-state index contributed by atoms with van der Waals surface area (Å²) in [5.41, 5.74) is 2.72. The topological polar surface area (TPSA) is 55.3 Å². The average molecular weight is 164 g/mol. The van der Waals surface area contributed by atoms with Gasteiger partial charge in [-0.15, -0.1) is 0 Å². The summed E-state index contributed by atoms with van der Waals surface area (Å²) in [6, 6.07) is 6.75. The molecule has 0 saturated carbocycles. The van der Waals surface area contributed by atoms with Crippen LogP contribution in [0.15, 0.2) is 30.3 Å². The van der Waals surface area contributed by atoms with Crippen LogP contribution in [0, 0.1) is 5.21 Å². The Morgan fingerprint density at radius 1 is 1.33 bits per heavy atom.